The van der Waals surface area contributed by atoms with E-state index in [0.717, 1.165) is 135 Å². The third-order valence-corrected chi connectivity index (χ3v) is 19.1. The number of unbranched alkanes of at least 4 members (excludes halogenated alkanes) is 38. The largest absolute Gasteiger partial charge is 0.472 e. The van der Waals surface area contributed by atoms with Gasteiger partial charge in [-0.05, 0) is 96.3 Å². The Labute approximate surface area is 609 Å². The van der Waals surface area contributed by atoms with Crippen molar-refractivity contribution < 1.29 is 80.2 Å². The second-order valence-corrected chi connectivity index (χ2v) is 29.9. The highest BCUT2D eigenvalue weighted by Crippen LogP contribution is 2.45. The maximum atomic E-state index is 13.1. The summed E-state index contributed by atoms with van der Waals surface area (Å²) in [5.74, 6) is -2.19. The van der Waals surface area contributed by atoms with E-state index in [9.17, 15) is 43.2 Å². The fourth-order valence-electron chi connectivity index (χ4n) is 11.1. The highest BCUT2D eigenvalue weighted by molar-refractivity contribution is 7.47. The molecule has 19 heteroatoms. The van der Waals surface area contributed by atoms with Gasteiger partial charge in [0.1, 0.15) is 19.3 Å². The molecular weight excluding hydrogens is 1310 g/mol. The van der Waals surface area contributed by atoms with Gasteiger partial charge in [0.15, 0.2) is 12.2 Å². The minimum atomic E-state index is -4.98. The molecule has 0 spiro atoms. The lowest BCUT2D eigenvalue weighted by Crippen LogP contribution is -2.30. The smallest absolute Gasteiger partial charge is 0.462 e. The number of aliphatic hydroxyl groups is 1. The van der Waals surface area contributed by atoms with Crippen LogP contribution in [0.1, 0.15) is 362 Å². The zero-order valence-corrected chi connectivity index (χ0v) is 65.4. The topological polar surface area (TPSA) is 237 Å². The fourth-order valence-corrected chi connectivity index (χ4v) is 12.6. The Morgan fingerprint density at radius 1 is 0.290 bits per heavy atom. The summed E-state index contributed by atoms with van der Waals surface area (Å²) in [6, 6.07) is 0. The quantitative estimate of drug-likeness (QED) is 0.0169. The minimum Gasteiger partial charge on any atom is -0.462 e. The Kier molecular flexibility index (Phi) is 71.2. The summed E-state index contributed by atoms with van der Waals surface area (Å²) in [6.07, 6.45) is 74.5. The van der Waals surface area contributed by atoms with Gasteiger partial charge in [-0.3, -0.25) is 37.3 Å². The van der Waals surface area contributed by atoms with Crippen LogP contribution in [0, 0.1) is 0 Å². The Morgan fingerprint density at radius 2 is 0.520 bits per heavy atom. The van der Waals surface area contributed by atoms with Crippen molar-refractivity contribution in [1.82, 2.24) is 0 Å². The number of aliphatic hydroxyl groups excluding tert-OH is 1. The van der Waals surface area contributed by atoms with Gasteiger partial charge in [0.05, 0.1) is 26.4 Å². The first kappa shape index (κ1) is 96.5. The summed E-state index contributed by atoms with van der Waals surface area (Å²) in [4.78, 5) is 73.0. The van der Waals surface area contributed by atoms with Gasteiger partial charge in [0.25, 0.3) is 0 Å². The van der Waals surface area contributed by atoms with Gasteiger partial charge < -0.3 is 33.8 Å². The Hall–Kier alpha value is -3.50. The third kappa shape index (κ3) is 72.8. The van der Waals surface area contributed by atoms with Gasteiger partial charge in [-0.2, -0.15) is 0 Å². The van der Waals surface area contributed by atoms with Crippen molar-refractivity contribution in [2.75, 3.05) is 39.6 Å². The summed E-state index contributed by atoms with van der Waals surface area (Å²) in [5, 5.41) is 10.6. The third-order valence-electron chi connectivity index (χ3n) is 17.2. The average molecular weight is 1450 g/mol. The van der Waals surface area contributed by atoms with E-state index < -0.39 is 97.5 Å². The molecule has 0 aliphatic heterocycles. The van der Waals surface area contributed by atoms with Crippen molar-refractivity contribution in [3.8, 4) is 0 Å². The van der Waals surface area contributed by atoms with Crippen LogP contribution in [0.3, 0.4) is 0 Å². The maximum Gasteiger partial charge on any atom is 0.472 e. The number of allylic oxidation sites excluding steroid dienone is 12. The zero-order chi connectivity index (χ0) is 73.2. The first-order valence-corrected chi connectivity index (χ1v) is 43.2. The van der Waals surface area contributed by atoms with Crippen LogP contribution in [0.15, 0.2) is 72.9 Å². The predicted molar refractivity (Wildman–Crippen MR) is 409 cm³/mol. The van der Waals surface area contributed by atoms with E-state index in [1.165, 1.54) is 148 Å². The second-order valence-electron chi connectivity index (χ2n) is 27.0. The minimum absolute atomic E-state index is 0.0801. The fraction of sp³-hybridized carbons (Fsp3) is 0.802. The number of rotatable bonds is 76. The Balaban J connectivity index is 5.35. The molecule has 0 radical (unpaired) electrons. The van der Waals surface area contributed by atoms with E-state index in [0.29, 0.717) is 25.7 Å². The van der Waals surface area contributed by atoms with E-state index >= 15 is 0 Å². The lowest BCUT2D eigenvalue weighted by molar-refractivity contribution is -0.161. The summed E-state index contributed by atoms with van der Waals surface area (Å²) in [5.41, 5.74) is 0. The van der Waals surface area contributed by atoms with Crippen molar-refractivity contribution in [2.45, 2.75) is 380 Å². The highest BCUT2D eigenvalue weighted by atomic mass is 31.2. The molecule has 0 bridgehead atoms. The van der Waals surface area contributed by atoms with Crippen molar-refractivity contribution >= 4 is 39.5 Å². The lowest BCUT2D eigenvalue weighted by Gasteiger charge is -2.21. The zero-order valence-electron chi connectivity index (χ0n) is 63.6. The van der Waals surface area contributed by atoms with Crippen LogP contribution < -0.4 is 0 Å². The Morgan fingerprint density at radius 3 is 0.820 bits per heavy atom. The summed E-state index contributed by atoms with van der Waals surface area (Å²) in [6.45, 7) is 4.78. The monoisotopic (exact) mass is 1450 g/mol. The van der Waals surface area contributed by atoms with Gasteiger partial charge in [0.2, 0.25) is 0 Å². The maximum absolute atomic E-state index is 13.1. The molecule has 17 nitrogen and oxygen atoms in total. The predicted octanol–water partition coefficient (Wildman–Crippen LogP) is 23.2. The average Bonchev–Trinajstić information content (AvgIpc) is 0.946. The first-order chi connectivity index (χ1) is 48.7. The Bertz CT molecular complexity index is 2180. The number of carbonyl (C=O) groups excluding carboxylic acids is 4. The molecule has 0 aromatic heterocycles. The van der Waals surface area contributed by atoms with Crippen molar-refractivity contribution in [2.24, 2.45) is 0 Å². The number of esters is 4. The molecule has 0 amide bonds. The molecule has 0 aromatic carbocycles. The normalized spacial score (nSPS) is 14.3. The van der Waals surface area contributed by atoms with Gasteiger partial charge in [-0.25, -0.2) is 9.13 Å². The molecule has 3 N–H and O–H groups in total. The second kappa shape index (κ2) is 73.8. The van der Waals surface area contributed by atoms with Crippen molar-refractivity contribution in [1.29, 1.82) is 0 Å². The molecular formula is C81H146O17P2. The van der Waals surface area contributed by atoms with E-state index in [2.05, 4.69) is 101 Å². The molecule has 0 saturated carbocycles. The van der Waals surface area contributed by atoms with Crippen LogP contribution in [0.4, 0.5) is 0 Å². The number of hydrogen-bond acceptors (Lipinski definition) is 15. The van der Waals surface area contributed by atoms with Crippen LogP contribution in [0.5, 0.6) is 0 Å². The van der Waals surface area contributed by atoms with E-state index in [1.807, 2.05) is 0 Å². The molecule has 5 atom stereocenters. The summed E-state index contributed by atoms with van der Waals surface area (Å²) < 4.78 is 68.6. The van der Waals surface area contributed by atoms with Crippen LogP contribution >= 0.6 is 15.6 Å². The van der Waals surface area contributed by atoms with Gasteiger partial charge in [0, 0.05) is 25.7 Å². The molecule has 0 aliphatic carbocycles. The van der Waals surface area contributed by atoms with Crippen LogP contribution in [0.2, 0.25) is 0 Å². The lowest BCUT2D eigenvalue weighted by atomic mass is 10.0. The number of ether oxygens (including phenoxy) is 4. The number of carbonyl (C=O) groups is 4. The number of phosphoric acid groups is 2. The molecule has 0 saturated heterocycles. The highest BCUT2D eigenvalue weighted by Gasteiger charge is 2.30. The summed E-state index contributed by atoms with van der Waals surface area (Å²) in [7, 11) is -9.95. The molecule has 0 aromatic rings. The molecule has 2 unspecified atom stereocenters. The van der Waals surface area contributed by atoms with Crippen LogP contribution in [-0.2, 0) is 65.4 Å². The molecule has 0 rings (SSSR count). The van der Waals surface area contributed by atoms with Crippen molar-refractivity contribution in [3.05, 3.63) is 72.9 Å². The van der Waals surface area contributed by atoms with Gasteiger partial charge in [-0.1, -0.05) is 312 Å². The SMILES string of the molecule is CC/C=C\C/C=C\C/C=C\C/C=C\C/C=C\CCCCCC(=O)OC[C@H](COP(=O)(O)OC[C@@H](O)COP(=O)(O)OC[C@@H](COC(=O)CCCCCCCCCCCCCCC)OC(=O)CCCCCCCCCCCCCCC)OC(=O)CCCCCCC/C=C\CCCCCCCC. The molecule has 100 heavy (non-hydrogen) atoms. The number of hydrogen-bond donors (Lipinski definition) is 3. The van der Waals surface area contributed by atoms with Crippen molar-refractivity contribution in [3.63, 3.8) is 0 Å². The number of phosphoric ester groups is 2. The van der Waals surface area contributed by atoms with E-state index in [1.54, 1.807) is 0 Å². The standard InChI is InChI=1S/C81H146O17P2/c1-5-9-13-17-21-25-29-33-35-36-37-38-40-43-46-50-54-58-62-66-79(84)92-72-77(98-81(86)68-64-60-56-52-48-44-39-34-30-26-22-18-14-10-6-2)74-96-100(89,90)94-70-75(82)69-93-99(87,88)95-73-76(97-80(85)67-63-59-55-51-47-42-32-28-24-20-16-12-8-4)71-91-78(83)65-61-57-53-49-45-41-31-27-23-19-15-11-7-3/h9,13,21,25,33-35,37-39,43,46,75-77,82H,5-8,10-12,14-20,22-24,26-32,36,40-42,44-45,47-74H2,1-4H3,(H,87,88)(H,89,90)/b13-9-,25-21-,35-33-,38-37-,39-34-,46-43-/t75-,76+,77+/m0/s1. The summed E-state index contributed by atoms with van der Waals surface area (Å²) >= 11 is 0. The van der Waals surface area contributed by atoms with Crippen LogP contribution in [-0.4, -0.2) is 96.7 Å². The van der Waals surface area contributed by atoms with E-state index in [-0.39, 0.29) is 25.7 Å². The molecule has 0 aliphatic rings. The first-order valence-electron chi connectivity index (χ1n) is 40.2. The molecule has 582 valence electrons. The van der Waals surface area contributed by atoms with Gasteiger partial charge >= 0.3 is 39.5 Å². The van der Waals surface area contributed by atoms with Crippen LogP contribution in [0.25, 0.3) is 0 Å². The van der Waals surface area contributed by atoms with Gasteiger partial charge in [-0.15, -0.1) is 0 Å². The molecule has 0 fully saturated rings. The van der Waals surface area contributed by atoms with E-state index in [4.69, 9.17) is 37.0 Å². The molecule has 0 heterocycles.